The largest absolute Gasteiger partial charge is 0.427 e. The van der Waals surface area contributed by atoms with Crippen molar-refractivity contribution in [1.82, 2.24) is 5.32 Å². The summed E-state index contributed by atoms with van der Waals surface area (Å²) in [7, 11) is 0. The van der Waals surface area contributed by atoms with Crippen molar-refractivity contribution in [2.45, 2.75) is 33.2 Å². The first-order valence-electron chi connectivity index (χ1n) is 8.17. The lowest BCUT2D eigenvalue weighted by atomic mass is 10.1. The second-order valence-corrected chi connectivity index (χ2v) is 6.82. The average molecular weight is 354 g/mol. The number of anilines is 1. The van der Waals surface area contributed by atoms with Gasteiger partial charge in [0.25, 0.3) is 11.8 Å². The van der Waals surface area contributed by atoms with Gasteiger partial charge in [-0.1, -0.05) is 12.1 Å². The number of para-hydroxylation sites is 1. The quantitative estimate of drug-likeness (QED) is 0.651. The van der Waals surface area contributed by atoms with Crippen molar-refractivity contribution in [1.29, 1.82) is 0 Å². The zero-order valence-corrected chi connectivity index (χ0v) is 15.3. The van der Waals surface area contributed by atoms with Crippen LogP contribution in [0, 0.1) is 0 Å². The summed E-state index contributed by atoms with van der Waals surface area (Å²) in [5.41, 5.74) is 0.795. The van der Waals surface area contributed by atoms with Crippen LogP contribution in [0.4, 0.5) is 5.69 Å². The maximum atomic E-state index is 12.5. The number of ether oxygens (including phenoxy) is 1. The van der Waals surface area contributed by atoms with Crippen molar-refractivity contribution >= 4 is 23.5 Å². The summed E-state index contributed by atoms with van der Waals surface area (Å²) in [5, 5.41) is 5.62. The van der Waals surface area contributed by atoms with Crippen molar-refractivity contribution < 1.29 is 19.1 Å². The Kier molecular flexibility index (Phi) is 5.77. The number of benzene rings is 2. The first-order chi connectivity index (χ1) is 12.2. The summed E-state index contributed by atoms with van der Waals surface area (Å²) in [4.78, 5) is 35.8. The van der Waals surface area contributed by atoms with E-state index in [9.17, 15) is 14.4 Å². The Bertz CT molecular complexity index is 820. The summed E-state index contributed by atoms with van der Waals surface area (Å²) >= 11 is 0. The van der Waals surface area contributed by atoms with Gasteiger partial charge in [0.1, 0.15) is 5.75 Å². The van der Waals surface area contributed by atoms with E-state index < -0.39 is 5.97 Å². The minimum atomic E-state index is -0.430. The topological polar surface area (TPSA) is 84.5 Å². The molecule has 2 amide bonds. The fraction of sp³-hybridized carbons (Fsp3) is 0.250. The van der Waals surface area contributed by atoms with Gasteiger partial charge in [0, 0.05) is 18.0 Å². The summed E-state index contributed by atoms with van der Waals surface area (Å²) in [6, 6.07) is 13.0. The number of hydrogen-bond acceptors (Lipinski definition) is 4. The molecule has 0 unspecified atom stereocenters. The van der Waals surface area contributed by atoms with Crippen LogP contribution in [0.25, 0.3) is 0 Å². The highest BCUT2D eigenvalue weighted by Gasteiger charge is 2.19. The van der Waals surface area contributed by atoms with Crippen molar-refractivity contribution in [2.75, 3.05) is 5.32 Å². The number of hydrogen-bond donors (Lipinski definition) is 2. The van der Waals surface area contributed by atoms with Crippen LogP contribution in [0.3, 0.4) is 0 Å². The van der Waals surface area contributed by atoms with Crippen molar-refractivity contribution in [3.8, 4) is 5.75 Å². The SMILES string of the molecule is CC(=O)Oc1ccc(C(=O)Nc2ccccc2C(=O)NC(C)(C)C)cc1. The van der Waals surface area contributed by atoms with Gasteiger partial charge < -0.3 is 15.4 Å². The van der Waals surface area contributed by atoms with Gasteiger partial charge in [-0.3, -0.25) is 14.4 Å². The van der Waals surface area contributed by atoms with Crippen LogP contribution in [0.5, 0.6) is 5.75 Å². The Morgan fingerprint density at radius 2 is 1.50 bits per heavy atom. The molecular weight excluding hydrogens is 332 g/mol. The van der Waals surface area contributed by atoms with Crippen LogP contribution in [0.2, 0.25) is 0 Å². The monoisotopic (exact) mass is 354 g/mol. The number of esters is 1. The maximum absolute atomic E-state index is 12.5. The van der Waals surface area contributed by atoms with E-state index in [1.807, 2.05) is 20.8 Å². The Morgan fingerprint density at radius 1 is 0.885 bits per heavy atom. The first-order valence-corrected chi connectivity index (χ1v) is 8.17. The van der Waals surface area contributed by atoms with Crippen LogP contribution < -0.4 is 15.4 Å². The lowest BCUT2D eigenvalue weighted by molar-refractivity contribution is -0.131. The molecule has 6 nitrogen and oxygen atoms in total. The van der Waals surface area contributed by atoms with E-state index in [4.69, 9.17) is 4.74 Å². The highest BCUT2D eigenvalue weighted by molar-refractivity contribution is 6.09. The molecule has 0 heterocycles. The predicted octanol–water partition coefficient (Wildman–Crippen LogP) is 3.39. The second kappa shape index (κ2) is 7.82. The van der Waals surface area contributed by atoms with E-state index >= 15 is 0 Å². The van der Waals surface area contributed by atoms with E-state index in [2.05, 4.69) is 10.6 Å². The van der Waals surface area contributed by atoms with Crippen molar-refractivity contribution in [3.05, 3.63) is 59.7 Å². The van der Waals surface area contributed by atoms with Crippen LogP contribution >= 0.6 is 0 Å². The maximum Gasteiger partial charge on any atom is 0.308 e. The van der Waals surface area contributed by atoms with Gasteiger partial charge in [-0.25, -0.2) is 0 Å². The summed E-state index contributed by atoms with van der Waals surface area (Å²) < 4.78 is 4.94. The Labute approximate surface area is 152 Å². The first kappa shape index (κ1) is 19.2. The molecule has 2 rings (SSSR count). The third-order valence-electron chi connectivity index (χ3n) is 3.29. The molecule has 0 spiro atoms. The highest BCUT2D eigenvalue weighted by atomic mass is 16.5. The van der Waals surface area contributed by atoms with E-state index in [1.54, 1.807) is 36.4 Å². The number of amides is 2. The van der Waals surface area contributed by atoms with Gasteiger partial charge in [-0.05, 0) is 57.2 Å². The Balaban J connectivity index is 2.16. The fourth-order valence-electron chi connectivity index (χ4n) is 2.23. The van der Waals surface area contributed by atoms with Gasteiger partial charge in [0.2, 0.25) is 0 Å². The molecule has 0 saturated heterocycles. The van der Waals surface area contributed by atoms with Gasteiger partial charge in [-0.15, -0.1) is 0 Å². The normalized spacial score (nSPS) is 10.8. The smallest absolute Gasteiger partial charge is 0.308 e. The molecule has 0 saturated carbocycles. The predicted molar refractivity (Wildman–Crippen MR) is 99.4 cm³/mol. The molecule has 26 heavy (non-hydrogen) atoms. The van der Waals surface area contributed by atoms with Gasteiger partial charge in [-0.2, -0.15) is 0 Å². The zero-order valence-electron chi connectivity index (χ0n) is 15.3. The summed E-state index contributed by atoms with van der Waals surface area (Å²) in [6.07, 6.45) is 0. The number of carbonyl (C=O) groups is 3. The van der Waals surface area contributed by atoms with Gasteiger partial charge in [0.15, 0.2) is 0 Å². The van der Waals surface area contributed by atoms with E-state index in [-0.39, 0.29) is 17.4 Å². The standard InChI is InChI=1S/C20H22N2O4/c1-13(23)26-15-11-9-14(10-12-15)18(24)21-17-8-6-5-7-16(17)19(25)22-20(2,3)4/h5-12H,1-4H3,(H,21,24)(H,22,25). The third kappa shape index (κ3) is 5.44. The molecule has 2 N–H and O–H groups in total. The minimum absolute atomic E-state index is 0.265. The molecule has 2 aromatic carbocycles. The molecule has 0 aromatic heterocycles. The van der Waals surface area contributed by atoms with Crippen LogP contribution in [-0.4, -0.2) is 23.3 Å². The third-order valence-corrected chi connectivity index (χ3v) is 3.29. The number of rotatable bonds is 4. The number of nitrogens with one attached hydrogen (secondary N) is 2. The molecule has 0 aliphatic rings. The van der Waals surface area contributed by atoms with Gasteiger partial charge >= 0.3 is 5.97 Å². The van der Waals surface area contributed by atoms with Gasteiger partial charge in [0.05, 0.1) is 11.3 Å². The molecule has 0 fully saturated rings. The van der Waals surface area contributed by atoms with Crippen molar-refractivity contribution in [2.24, 2.45) is 0 Å². The minimum Gasteiger partial charge on any atom is -0.427 e. The number of carbonyl (C=O) groups excluding carboxylic acids is 3. The lowest BCUT2D eigenvalue weighted by Crippen LogP contribution is -2.40. The molecule has 0 atom stereocenters. The molecule has 0 aliphatic heterocycles. The van der Waals surface area contributed by atoms with E-state index in [1.165, 1.54) is 19.1 Å². The Morgan fingerprint density at radius 3 is 2.08 bits per heavy atom. The fourth-order valence-corrected chi connectivity index (χ4v) is 2.23. The molecule has 136 valence electrons. The second-order valence-electron chi connectivity index (χ2n) is 6.82. The highest BCUT2D eigenvalue weighted by Crippen LogP contribution is 2.18. The van der Waals surface area contributed by atoms with E-state index in [0.29, 0.717) is 22.6 Å². The molecule has 0 bridgehead atoms. The van der Waals surface area contributed by atoms with Crippen LogP contribution in [0.15, 0.2) is 48.5 Å². The van der Waals surface area contributed by atoms with Crippen LogP contribution in [-0.2, 0) is 4.79 Å². The summed E-state index contributed by atoms with van der Waals surface area (Å²) in [6.45, 7) is 6.96. The Hall–Kier alpha value is -3.15. The van der Waals surface area contributed by atoms with Crippen molar-refractivity contribution in [3.63, 3.8) is 0 Å². The summed E-state index contributed by atoms with van der Waals surface area (Å²) in [5.74, 6) is -0.700. The molecular formula is C20H22N2O4. The molecule has 6 heteroatoms. The average Bonchev–Trinajstić information content (AvgIpc) is 2.53. The molecule has 2 aromatic rings. The molecule has 0 radical (unpaired) electrons. The molecule has 0 aliphatic carbocycles. The van der Waals surface area contributed by atoms with E-state index in [0.717, 1.165) is 0 Å². The zero-order chi connectivity index (χ0) is 19.3. The van der Waals surface area contributed by atoms with Crippen LogP contribution in [0.1, 0.15) is 48.4 Å². The lowest BCUT2D eigenvalue weighted by Gasteiger charge is -2.21.